The van der Waals surface area contributed by atoms with Gasteiger partial charge >= 0.3 is 5.97 Å². The lowest BCUT2D eigenvalue weighted by molar-refractivity contribution is -0.137. The molecule has 0 aliphatic heterocycles. The van der Waals surface area contributed by atoms with Crippen LogP contribution in [0.15, 0.2) is 36.7 Å². The average Bonchev–Trinajstić information content (AvgIpc) is 3.08. The van der Waals surface area contributed by atoms with Crippen LogP contribution in [0.4, 0.5) is 0 Å². The third kappa shape index (κ3) is 5.54. The van der Waals surface area contributed by atoms with Gasteiger partial charge in [-0.05, 0) is 37.1 Å². The highest BCUT2D eigenvalue weighted by molar-refractivity contribution is 5.94. The summed E-state index contributed by atoms with van der Waals surface area (Å²) in [6, 6.07) is 7.13. The van der Waals surface area contributed by atoms with Crippen LogP contribution < -0.4 is 5.32 Å². The number of carboxylic acid groups (broad SMARTS) is 1. The maximum atomic E-state index is 12.0. The lowest BCUT2D eigenvalue weighted by Crippen LogP contribution is -2.24. The van der Waals surface area contributed by atoms with Crippen molar-refractivity contribution >= 4 is 11.9 Å². The number of benzene rings is 1. The van der Waals surface area contributed by atoms with Crippen molar-refractivity contribution in [3.63, 3.8) is 0 Å². The summed E-state index contributed by atoms with van der Waals surface area (Å²) in [6.45, 7) is 0.594. The fourth-order valence-electron chi connectivity index (χ4n) is 2.17. The van der Waals surface area contributed by atoms with Crippen molar-refractivity contribution in [3.05, 3.63) is 42.2 Å². The lowest BCUT2D eigenvalue weighted by Gasteiger charge is -2.06. The molecule has 7 nitrogen and oxygen atoms in total. The van der Waals surface area contributed by atoms with Gasteiger partial charge in [0.15, 0.2) is 0 Å². The van der Waals surface area contributed by atoms with E-state index in [9.17, 15) is 9.59 Å². The maximum absolute atomic E-state index is 12.0. The van der Waals surface area contributed by atoms with Gasteiger partial charge in [0.05, 0.1) is 18.1 Å². The molecular formula is C16H20N4O3. The number of hydrogen-bond acceptors (Lipinski definition) is 4. The van der Waals surface area contributed by atoms with Gasteiger partial charge in [0.1, 0.15) is 0 Å². The molecule has 0 unspecified atom stereocenters. The number of nitrogens with one attached hydrogen (secondary N) is 1. The number of rotatable bonds is 9. The number of carbonyl (C=O) groups is 2. The molecule has 2 aromatic rings. The van der Waals surface area contributed by atoms with E-state index in [-0.39, 0.29) is 12.3 Å². The van der Waals surface area contributed by atoms with Crippen LogP contribution in [0.25, 0.3) is 5.69 Å². The van der Waals surface area contributed by atoms with Crippen LogP contribution in [-0.4, -0.2) is 38.5 Å². The summed E-state index contributed by atoms with van der Waals surface area (Å²) < 4.78 is 1.62. The second kappa shape index (κ2) is 8.67. The van der Waals surface area contributed by atoms with E-state index in [1.54, 1.807) is 29.2 Å². The Morgan fingerprint density at radius 2 is 1.83 bits per heavy atom. The van der Waals surface area contributed by atoms with E-state index in [0.29, 0.717) is 18.5 Å². The van der Waals surface area contributed by atoms with E-state index < -0.39 is 5.97 Å². The predicted octanol–water partition coefficient (Wildman–Crippen LogP) is 2.03. The average molecular weight is 316 g/mol. The molecule has 0 radical (unpaired) electrons. The summed E-state index contributed by atoms with van der Waals surface area (Å²) >= 11 is 0. The second-order valence-corrected chi connectivity index (χ2v) is 5.21. The molecule has 1 amide bonds. The highest BCUT2D eigenvalue weighted by Gasteiger charge is 2.05. The van der Waals surface area contributed by atoms with E-state index in [1.807, 2.05) is 12.1 Å². The van der Waals surface area contributed by atoms with E-state index in [1.165, 1.54) is 0 Å². The fraction of sp³-hybridized carbons (Fsp3) is 0.375. The van der Waals surface area contributed by atoms with Crippen molar-refractivity contribution in [3.8, 4) is 5.69 Å². The largest absolute Gasteiger partial charge is 0.481 e. The maximum Gasteiger partial charge on any atom is 0.303 e. The first-order chi connectivity index (χ1) is 11.2. The predicted molar refractivity (Wildman–Crippen MR) is 84.4 cm³/mol. The third-order valence-corrected chi connectivity index (χ3v) is 3.42. The first-order valence-electron chi connectivity index (χ1n) is 7.63. The fourth-order valence-corrected chi connectivity index (χ4v) is 2.17. The third-order valence-electron chi connectivity index (χ3n) is 3.42. The summed E-state index contributed by atoms with van der Waals surface area (Å²) in [5.41, 5.74) is 1.44. The van der Waals surface area contributed by atoms with Crippen molar-refractivity contribution in [2.45, 2.75) is 32.1 Å². The zero-order valence-corrected chi connectivity index (χ0v) is 12.8. The molecule has 7 heteroatoms. The molecule has 122 valence electrons. The molecule has 0 fully saturated rings. The van der Waals surface area contributed by atoms with Crippen LogP contribution in [0.1, 0.15) is 42.5 Å². The molecule has 2 N–H and O–H groups in total. The Labute approximate surface area is 134 Å². The number of hydrogen-bond donors (Lipinski definition) is 2. The zero-order valence-electron chi connectivity index (χ0n) is 12.8. The Balaban J connectivity index is 1.68. The van der Waals surface area contributed by atoms with Crippen LogP contribution in [-0.2, 0) is 4.79 Å². The molecule has 23 heavy (non-hydrogen) atoms. The Hall–Kier alpha value is -2.70. The summed E-state index contributed by atoms with van der Waals surface area (Å²) in [5, 5.41) is 19.0. The normalized spacial score (nSPS) is 10.4. The summed E-state index contributed by atoms with van der Waals surface area (Å²) in [5.74, 6) is -0.867. The quantitative estimate of drug-likeness (QED) is 0.690. The second-order valence-electron chi connectivity index (χ2n) is 5.21. The lowest BCUT2D eigenvalue weighted by atomic mass is 10.1. The first kappa shape index (κ1) is 16.7. The molecular weight excluding hydrogens is 296 g/mol. The summed E-state index contributed by atoms with van der Waals surface area (Å²) in [7, 11) is 0. The van der Waals surface area contributed by atoms with Crippen molar-refractivity contribution in [1.29, 1.82) is 0 Å². The molecule has 0 atom stereocenters. The molecule has 0 saturated carbocycles. The minimum atomic E-state index is -0.757. The highest BCUT2D eigenvalue weighted by Crippen LogP contribution is 2.08. The molecule has 0 aliphatic rings. The van der Waals surface area contributed by atoms with Gasteiger partial charge in [-0.2, -0.15) is 0 Å². The molecule has 0 saturated heterocycles. The number of aliphatic carboxylic acids is 1. The van der Waals surface area contributed by atoms with Crippen LogP contribution in [0, 0.1) is 0 Å². The van der Waals surface area contributed by atoms with Crippen LogP contribution in [0.2, 0.25) is 0 Å². The van der Waals surface area contributed by atoms with Crippen LogP contribution in [0.3, 0.4) is 0 Å². The van der Waals surface area contributed by atoms with E-state index >= 15 is 0 Å². The monoisotopic (exact) mass is 316 g/mol. The molecule has 0 aliphatic carbocycles. The van der Waals surface area contributed by atoms with Crippen molar-refractivity contribution in [2.24, 2.45) is 0 Å². The number of aromatic nitrogens is 3. The molecule has 1 aromatic heterocycles. The van der Waals surface area contributed by atoms with Gasteiger partial charge in [0.2, 0.25) is 0 Å². The Morgan fingerprint density at radius 1 is 1.09 bits per heavy atom. The van der Waals surface area contributed by atoms with Gasteiger partial charge in [0, 0.05) is 18.5 Å². The van der Waals surface area contributed by atoms with E-state index in [2.05, 4.69) is 15.6 Å². The van der Waals surface area contributed by atoms with Crippen molar-refractivity contribution in [1.82, 2.24) is 20.3 Å². The van der Waals surface area contributed by atoms with Crippen LogP contribution >= 0.6 is 0 Å². The highest BCUT2D eigenvalue weighted by atomic mass is 16.4. The van der Waals surface area contributed by atoms with E-state index in [4.69, 9.17) is 5.11 Å². The summed E-state index contributed by atoms with van der Waals surface area (Å²) in [6.07, 6.45) is 6.87. The Morgan fingerprint density at radius 3 is 2.48 bits per heavy atom. The number of carboxylic acids is 1. The standard InChI is InChI=1S/C16H20N4O3/c21-15(22)5-3-1-2-4-10-17-16(23)13-6-8-14(9-7-13)20-12-11-18-19-20/h6-9,11-12H,1-5,10H2,(H,17,23)(H,21,22). The van der Waals surface area contributed by atoms with Gasteiger partial charge in [-0.3, -0.25) is 9.59 Å². The van der Waals surface area contributed by atoms with Crippen LogP contribution in [0.5, 0.6) is 0 Å². The number of unbranched alkanes of at least 4 members (excludes halogenated alkanes) is 3. The molecule has 1 aromatic carbocycles. The zero-order chi connectivity index (χ0) is 16.5. The molecule has 2 rings (SSSR count). The number of amides is 1. The minimum Gasteiger partial charge on any atom is -0.481 e. The molecule has 0 spiro atoms. The Kier molecular flexibility index (Phi) is 6.28. The SMILES string of the molecule is O=C(O)CCCCCCNC(=O)c1ccc(-n2ccnn2)cc1. The van der Waals surface area contributed by atoms with Crippen molar-refractivity contribution in [2.75, 3.05) is 6.54 Å². The number of nitrogens with zero attached hydrogens (tertiary/aromatic N) is 3. The van der Waals surface area contributed by atoms with Gasteiger partial charge in [0.25, 0.3) is 5.91 Å². The smallest absolute Gasteiger partial charge is 0.303 e. The topological polar surface area (TPSA) is 97.1 Å². The van der Waals surface area contributed by atoms with Gasteiger partial charge in [-0.1, -0.05) is 18.1 Å². The van der Waals surface area contributed by atoms with Crippen molar-refractivity contribution < 1.29 is 14.7 Å². The van der Waals surface area contributed by atoms with Gasteiger partial charge in [-0.15, -0.1) is 5.10 Å². The molecule has 0 bridgehead atoms. The van der Waals surface area contributed by atoms with Gasteiger partial charge in [-0.25, -0.2) is 4.68 Å². The summed E-state index contributed by atoms with van der Waals surface area (Å²) in [4.78, 5) is 22.4. The first-order valence-corrected chi connectivity index (χ1v) is 7.63. The molecule has 1 heterocycles. The minimum absolute atomic E-state index is 0.110. The number of carbonyl (C=O) groups excluding carboxylic acids is 1. The van der Waals surface area contributed by atoms with Gasteiger partial charge < -0.3 is 10.4 Å². The van der Waals surface area contributed by atoms with E-state index in [0.717, 1.165) is 24.9 Å². The Bertz CT molecular complexity index is 623.